The van der Waals surface area contributed by atoms with Gasteiger partial charge in [-0.2, -0.15) is 0 Å². The molecule has 0 heterocycles. The summed E-state index contributed by atoms with van der Waals surface area (Å²) in [5, 5.41) is 27.2. The van der Waals surface area contributed by atoms with Crippen LogP contribution in [0.15, 0.2) is 0 Å². The average molecular weight is 148 g/mol. The Morgan fingerprint density at radius 1 is 1.40 bits per heavy atom. The first-order valence-corrected chi connectivity index (χ1v) is 3.62. The average Bonchev–Trinajstić information content (AvgIpc) is 2.01. The van der Waals surface area contributed by atoms with Gasteiger partial charge in [-0.05, 0) is 12.8 Å². The van der Waals surface area contributed by atoms with Gasteiger partial charge >= 0.3 is 0 Å². The van der Waals surface area contributed by atoms with Crippen LogP contribution in [0.3, 0.4) is 0 Å². The zero-order valence-corrected chi connectivity index (χ0v) is 6.54. The van der Waals surface area contributed by atoms with E-state index >= 15 is 0 Å². The highest BCUT2D eigenvalue weighted by Gasteiger charge is 2.31. The lowest BCUT2D eigenvalue weighted by Crippen LogP contribution is -2.44. The van der Waals surface area contributed by atoms with Crippen LogP contribution in [-0.4, -0.2) is 33.6 Å². The van der Waals surface area contributed by atoms with Crippen molar-refractivity contribution in [3.8, 4) is 0 Å². The van der Waals surface area contributed by atoms with Crippen LogP contribution in [0.5, 0.6) is 0 Å². The zero-order chi connectivity index (χ0) is 8.20. The Bertz CT molecular complexity index is 88.9. The van der Waals surface area contributed by atoms with Crippen molar-refractivity contribution in [2.75, 3.05) is 6.61 Å². The molecular weight excluding hydrogens is 132 g/mol. The SMILES string of the molecule is CC[C@H](O)[C@@](O)(CC)CO. The molecule has 10 heavy (non-hydrogen) atoms. The lowest BCUT2D eigenvalue weighted by molar-refractivity contribution is -0.107. The summed E-state index contributed by atoms with van der Waals surface area (Å²) in [6.45, 7) is 3.12. The van der Waals surface area contributed by atoms with Crippen LogP contribution in [-0.2, 0) is 0 Å². The summed E-state index contributed by atoms with van der Waals surface area (Å²) in [6.07, 6.45) is 0.0196. The molecule has 0 saturated heterocycles. The van der Waals surface area contributed by atoms with Crippen LogP contribution < -0.4 is 0 Å². The molecule has 3 nitrogen and oxygen atoms in total. The molecule has 3 N–H and O–H groups in total. The van der Waals surface area contributed by atoms with Crippen LogP contribution in [0.25, 0.3) is 0 Å². The van der Waals surface area contributed by atoms with E-state index < -0.39 is 11.7 Å². The van der Waals surface area contributed by atoms with Crippen molar-refractivity contribution in [1.82, 2.24) is 0 Å². The standard InChI is InChI=1S/C7H16O3/c1-3-6(9)7(10,4-2)5-8/h6,8-10H,3-5H2,1-2H3/t6-,7+/m0/s1. The molecular formula is C7H16O3. The molecule has 0 spiro atoms. The van der Waals surface area contributed by atoms with Crippen molar-refractivity contribution in [2.45, 2.75) is 38.4 Å². The third kappa shape index (κ3) is 1.94. The first-order chi connectivity index (χ1) is 4.60. The number of hydrogen-bond donors (Lipinski definition) is 3. The molecule has 3 heteroatoms. The van der Waals surface area contributed by atoms with Crippen molar-refractivity contribution in [3.05, 3.63) is 0 Å². The summed E-state index contributed by atoms with van der Waals surface area (Å²) in [4.78, 5) is 0. The molecule has 0 fully saturated rings. The molecule has 0 bridgehead atoms. The van der Waals surface area contributed by atoms with Gasteiger partial charge in [-0.25, -0.2) is 0 Å². The summed E-state index contributed by atoms with van der Waals surface area (Å²) in [7, 11) is 0. The Morgan fingerprint density at radius 2 is 1.90 bits per heavy atom. The van der Waals surface area contributed by atoms with Crippen molar-refractivity contribution >= 4 is 0 Å². The molecule has 0 unspecified atom stereocenters. The Kier molecular flexibility index (Phi) is 3.86. The number of hydrogen-bond acceptors (Lipinski definition) is 3. The number of aliphatic hydroxyl groups is 3. The highest BCUT2D eigenvalue weighted by Crippen LogP contribution is 2.16. The van der Waals surface area contributed by atoms with Gasteiger partial charge in [-0.3, -0.25) is 0 Å². The van der Waals surface area contributed by atoms with Gasteiger partial charge in [0.2, 0.25) is 0 Å². The maximum absolute atomic E-state index is 9.40. The smallest absolute Gasteiger partial charge is 0.113 e. The summed E-state index contributed by atoms with van der Waals surface area (Å²) in [6, 6.07) is 0. The first kappa shape index (κ1) is 9.88. The summed E-state index contributed by atoms with van der Waals surface area (Å²) in [5.41, 5.74) is -1.30. The highest BCUT2D eigenvalue weighted by atomic mass is 16.4. The summed E-state index contributed by atoms with van der Waals surface area (Å²) in [5.74, 6) is 0. The van der Waals surface area contributed by atoms with E-state index in [0.29, 0.717) is 12.8 Å². The van der Waals surface area contributed by atoms with Gasteiger partial charge in [0.15, 0.2) is 0 Å². The summed E-state index contributed by atoms with van der Waals surface area (Å²) >= 11 is 0. The summed E-state index contributed by atoms with van der Waals surface area (Å²) < 4.78 is 0. The largest absolute Gasteiger partial charge is 0.393 e. The van der Waals surface area contributed by atoms with Gasteiger partial charge < -0.3 is 15.3 Å². The van der Waals surface area contributed by atoms with E-state index in [4.69, 9.17) is 10.2 Å². The van der Waals surface area contributed by atoms with E-state index in [1.165, 1.54) is 0 Å². The van der Waals surface area contributed by atoms with E-state index in [0.717, 1.165) is 0 Å². The van der Waals surface area contributed by atoms with Crippen LogP contribution in [0, 0.1) is 0 Å². The molecule has 0 amide bonds. The molecule has 0 rings (SSSR count). The Labute approximate surface area is 61.3 Å². The maximum Gasteiger partial charge on any atom is 0.113 e. The van der Waals surface area contributed by atoms with Gasteiger partial charge in [0.05, 0.1) is 12.7 Å². The monoisotopic (exact) mass is 148 g/mol. The fourth-order valence-electron chi connectivity index (χ4n) is 0.833. The third-order valence-corrected chi connectivity index (χ3v) is 1.89. The van der Waals surface area contributed by atoms with Crippen molar-refractivity contribution < 1.29 is 15.3 Å². The maximum atomic E-state index is 9.40. The minimum absolute atomic E-state index is 0.374. The Morgan fingerprint density at radius 3 is 2.00 bits per heavy atom. The lowest BCUT2D eigenvalue weighted by atomic mass is 9.93. The van der Waals surface area contributed by atoms with Crippen molar-refractivity contribution in [3.63, 3.8) is 0 Å². The molecule has 2 atom stereocenters. The second-order valence-corrected chi connectivity index (χ2v) is 2.54. The van der Waals surface area contributed by atoms with Crippen LogP contribution in [0.4, 0.5) is 0 Å². The van der Waals surface area contributed by atoms with Crippen molar-refractivity contribution in [1.29, 1.82) is 0 Å². The Balaban J connectivity index is 4.02. The van der Waals surface area contributed by atoms with E-state index in [-0.39, 0.29) is 6.61 Å². The van der Waals surface area contributed by atoms with Crippen LogP contribution in [0.1, 0.15) is 26.7 Å². The predicted molar refractivity (Wildman–Crippen MR) is 38.6 cm³/mol. The molecule has 0 radical (unpaired) electrons. The van der Waals surface area contributed by atoms with Crippen molar-refractivity contribution in [2.24, 2.45) is 0 Å². The topological polar surface area (TPSA) is 60.7 Å². The van der Waals surface area contributed by atoms with E-state index in [2.05, 4.69) is 0 Å². The normalized spacial score (nSPS) is 20.1. The van der Waals surface area contributed by atoms with E-state index in [1.807, 2.05) is 0 Å². The minimum Gasteiger partial charge on any atom is -0.393 e. The molecule has 0 aromatic carbocycles. The third-order valence-electron chi connectivity index (χ3n) is 1.89. The second kappa shape index (κ2) is 3.91. The van der Waals surface area contributed by atoms with Gasteiger partial charge in [0.1, 0.15) is 5.60 Å². The number of rotatable bonds is 4. The van der Waals surface area contributed by atoms with Gasteiger partial charge in [-0.1, -0.05) is 13.8 Å². The molecule has 0 saturated carbocycles. The molecule has 0 aromatic rings. The van der Waals surface area contributed by atoms with Gasteiger partial charge in [0.25, 0.3) is 0 Å². The Hall–Kier alpha value is -0.120. The number of aliphatic hydroxyl groups excluding tert-OH is 2. The molecule has 0 aliphatic rings. The minimum atomic E-state index is -1.30. The van der Waals surface area contributed by atoms with Gasteiger partial charge in [0, 0.05) is 0 Å². The molecule has 0 aliphatic heterocycles. The zero-order valence-electron chi connectivity index (χ0n) is 6.54. The second-order valence-electron chi connectivity index (χ2n) is 2.54. The molecule has 0 aromatic heterocycles. The highest BCUT2D eigenvalue weighted by molar-refractivity contribution is 4.83. The lowest BCUT2D eigenvalue weighted by Gasteiger charge is -2.28. The molecule has 62 valence electrons. The van der Waals surface area contributed by atoms with Crippen LogP contribution >= 0.6 is 0 Å². The first-order valence-electron chi connectivity index (χ1n) is 3.62. The predicted octanol–water partition coefficient (Wildman–Crippen LogP) is -0.109. The van der Waals surface area contributed by atoms with Gasteiger partial charge in [-0.15, -0.1) is 0 Å². The van der Waals surface area contributed by atoms with E-state index in [1.54, 1.807) is 13.8 Å². The quantitative estimate of drug-likeness (QED) is 0.521. The van der Waals surface area contributed by atoms with Crippen LogP contribution in [0.2, 0.25) is 0 Å². The van der Waals surface area contributed by atoms with E-state index in [9.17, 15) is 5.11 Å². The fourth-order valence-corrected chi connectivity index (χ4v) is 0.833. The fraction of sp³-hybridized carbons (Fsp3) is 1.00. The molecule has 0 aliphatic carbocycles.